The number of nitrogens with two attached hydrogens (primary N) is 1. The number of aromatic nitrogens is 4. The monoisotopic (exact) mass is 238 g/mol. The predicted octanol–water partition coefficient (Wildman–Crippen LogP) is 0.502. The third kappa shape index (κ3) is 2.26. The molecular weight excluding hydrogens is 224 g/mol. The fourth-order valence-electron chi connectivity index (χ4n) is 1.57. The van der Waals surface area contributed by atoms with Gasteiger partial charge in [0.15, 0.2) is 0 Å². The van der Waals surface area contributed by atoms with Crippen molar-refractivity contribution in [2.75, 3.05) is 0 Å². The quantitative estimate of drug-likeness (QED) is 0.585. The van der Waals surface area contributed by atoms with Crippen LogP contribution in [0.3, 0.4) is 0 Å². The Bertz CT molecular complexity index is 423. The average Bonchev–Trinajstić information content (AvgIpc) is 2.96. The summed E-state index contributed by atoms with van der Waals surface area (Å²) >= 11 is 1.18. The summed E-state index contributed by atoms with van der Waals surface area (Å²) in [6.07, 6.45) is 6.20. The molecule has 6 nitrogen and oxygen atoms in total. The zero-order chi connectivity index (χ0) is 11.4. The second-order valence-electron chi connectivity index (χ2n) is 3.39. The van der Waals surface area contributed by atoms with Crippen molar-refractivity contribution < 1.29 is 0 Å². The van der Waals surface area contributed by atoms with Crippen molar-refractivity contribution in [3.8, 4) is 0 Å². The van der Waals surface area contributed by atoms with Gasteiger partial charge in [0.05, 0.1) is 29.7 Å². The van der Waals surface area contributed by atoms with E-state index in [1.165, 1.54) is 11.7 Å². The standard InChI is InChI=1S/C9H14N6S/c1-2-15-4-3-11-9(15)5-7(13-10)8-6-12-16-14-8/h3-4,6-7,13H,2,5,10H2,1H3. The first-order valence-electron chi connectivity index (χ1n) is 5.08. The maximum absolute atomic E-state index is 5.52. The van der Waals surface area contributed by atoms with Crippen LogP contribution in [0.4, 0.5) is 0 Å². The second-order valence-corrected chi connectivity index (χ2v) is 3.94. The first kappa shape index (κ1) is 11.2. The molecule has 7 heteroatoms. The molecule has 0 aromatic carbocycles. The number of rotatable bonds is 5. The molecule has 0 aliphatic carbocycles. The van der Waals surface area contributed by atoms with Crippen molar-refractivity contribution >= 4 is 11.7 Å². The Morgan fingerprint density at radius 3 is 3.12 bits per heavy atom. The lowest BCUT2D eigenvalue weighted by Gasteiger charge is -2.13. The van der Waals surface area contributed by atoms with Crippen LogP contribution in [0.25, 0.3) is 0 Å². The Hall–Kier alpha value is -1.31. The molecule has 0 aliphatic rings. The maximum atomic E-state index is 5.52. The van der Waals surface area contributed by atoms with Gasteiger partial charge in [-0.15, -0.1) is 0 Å². The van der Waals surface area contributed by atoms with Crippen LogP contribution < -0.4 is 11.3 Å². The molecule has 2 aromatic heterocycles. The molecule has 1 atom stereocenters. The van der Waals surface area contributed by atoms with E-state index >= 15 is 0 Å². The molecular formula is C9H14N6S. The minimum atomic E-state index is -0.0357. The smallest absolute Gasteiger partial charge is 0.110 e. The third-order valence-electron chi connectivity index (χ3n) is 2.47. The molecule has 2 rings (SSSR count). The predicted molar refractivity (Wildman–Crippen MR) is 61.6 cm³/mol. The minimum absolute atomic E-state index is 0.0357. The van der Waals surface area contributed by atoms with Crippen LogP contribution in [0.5, 0.6) is 0 Å². The third-order valence-corrected chi connectivity index (χ3v) is 2.96. The molecule has 0 amide bonds. The highest BCUT2D eigenvalue weighted by atomic mass is 32.1. The maximum Gasteiger partial charge on any atom is 0.110 e. The summed E-state index contributed by atoms with van der Waals surface area (Å²) in [6.45, 7) is 2.99. The lowest BCUT2D eigenvalue weighted by atomic mass is 10.1. The van der Waals surface area contributed by atoms with Crippen molar-refractivity contribution in [1.29, 1.82) is 0 Å². The molecule has 0 spiro atoms. The molecule has 3 N–H and O–H groups in total. The van der Waals surface area contributed by atoms with E-state index < -0.39 is 0 Å². The Morgan fingerprint density at radius 1 is 1.62 bits per heavy atom. The number of hydrazine groups is 1. The Balaban J connectivity index is 2.13. The van der Waals surface area contributed by atoms with Crippen LogP contribution in [-0.2, 0) is 13.0 Å². The van der Waals surface area contributed by atoms with Crippen molar-refractivity contribution in [2.24, 2.45) is 5.84 Å². The van der Waals surface area contributed by atoms with Crippen LogP contribution >= 0.6 is 11.7 Å². The summed E-state index contributed by atoms with van der Waals surface area (Å²) < 4.78 is 10.2. The van der Waals surface area contributed by atoms with Gasteiger partial charge in [0.1, 0.15) is 5.82 Å². The lowest BCUT2D eigenvalue weighted by Crippen LogP contribution is -2.30. The first-order valence-corrected chi connectivity index (χ1v) is 5.81. The summed E-state index contributed by atoms with van der Waals surface area (Å²) in [5.74, 6) is 6.52. The molecule has 0 aliphatic heterocycles. The summed E-state index contributed by atoms with van der Waals surface area (Å²) in [5, 5.41) is 0. The van der Waals surface area contributed by atoms with Gasteiger partial charge in [0.2, 0.25) is 0 Å². The number of nitrogens with zero attached hydrogens (tertiary/aromatic N) is 4. The highest BCUT2D eigenvalue weighted by Crippen LogP contribution is 2.15. The van der Waals surface area contributed by atoms with Gasteiger partial charge >= 0.3 is 0 Å². The number of hydrogen-bond donors (Lipinski definition) is 2. The Morgan fingerprint density at radius 2 is 2.50 bits per heavy atom. The summed E-state index contributed by atoms with van der Waals surface area (Å²) in [5.41, 5.74) is 3.60. The van der Waals surface area contributed by atoms with Gasteiger partial charge in [-0.1, -0.05) is 0 Å². The Labute approximate surface area is 97.8 Å². The van der Waals surface area contributed by atoms with E-state index in [1.54, 1.807) is 12.4 Å². The van der Waals surface area contributed by atoms with Crippen LogP contribution in [0.1, 0.15) is 24.5 Å². The minimum Gasteiger partial charge on any atom is -0.335 e. The van der Waals surface area contributed by atoms with Gasteiger partial charge in [-0.25, -0.2) is 4.98 Å². The zero-order valence-electron chi connectivity index (χ0n) is 9.00. The topological polar surface area (TPSA) is 81.7 Å². The fraction of sp³-hybridized carbons (Fsp3) is 0.444. The number of hydrogen-bond acceptors (Lipinski definition) is 6. The van der Waals surface area contributed by atoms with Crippen LogP contribution in [0.15, 0.2) is 18.6 Å². The summed E-state index contributed by atoms with van der Waals surface area (Å²) in [4.78, 5) is 4.31. The molecule has 2 aromatic rings. The second kappa shape index (κ2) is 5.15. The van der Waals surface area contributed by atoms with Gasteiger partial charge in [-0.3, -0.25) is 11.3 Å². The van der Waals surface area contributed by atoms with Gasteiger partial charge in [-0.05, 0) is 6.92 Å². The molecule has 0 fully saturated rings. The molecule has 16 heavy (non-hydrogen) atoms. The van der Waals surface area contributed by atoms with Gasteiger partial charge in [-0.2, -0.15) is 8.75 Å². The molecule has 0 saturated carbocycles. The zero-order valence-corrected chi connectivity index (χ0v) is 9.81. The number of imidazole rings is 1. The lowest BCUT2D eigenvalue weighted by molar-refractivity contribution is 0.515. The normalized spacial score (nSPS) is 12.9. The van der Waals surface area contributed by atoms with Gasteiger partial charge in [0, 0.05) is 25.4 Å². The van der Waals surface area contributed by atoms with E-state index in [0.717, 1.165) is 18.1 Å². The highest BCUT2D eigenvalue weighted by molar-refractivity contribution is 6.99. The summed E-state index contributed by atoms with van der Waals surface area (Å²) in [7, 11) is 0. The SMILES string of the molecule is CCn1ccnc1CC(NN)c1cnsn1. The number of nitrogens with one attached hydrogen (secondary N) is 1. The van der Waals surface area contributed by atoms with Crippen LogP contribution in [0.2, 0.25) is 0 Å². The Kier molecular flexibility index (Phi) is 3.60. The highest BCUT2D eigenvalue weighted by Gasteiger charge is 2.15. The molecule has 0 radical (unpaired) electrons. The molecule has 0 bridgehead atoms. The summed E-state index contributed by atoms with van der Waals surface area (Å²) in [6, 6.07) is -0.0357. The number of aryl methyl sites for hydroxylation is 1. The fourth-order valence-corrected chi connectivity index (χ4v) is 2.05. The first-order chi connectivity index (χ1) is 7.85. The van der Waals surface area contributed by atoms with E-state index in [0.29, 0.717) is 6.42 Å². The van der Waals surface area contributed by atoms with Crippen molar-refractivity contribution in [1.82, 2.24) is 23.7 Å². The van der Waals surface area contributed by atoms with Crippen LogP contribution in [0, 0.1) is 0 Å². The van der Waals surface area contributed by atoms with E-state index in [-0.39, 0.29) is 6.04 Å². The van der Waals surface area contributed by atoms with E-state index in [2.05, 4.69) is 30.6 Å². The van der Waals surface area contributed by atoms with Crippen LogP contribution in [-0.4, -0.2) is 18.3 Å². The largest absolute Gasteiger partial charge is 0.335 e. The molecule has 2 heterocycles. The average molecular weight is 238 g/mol. The van der Waals surface area contributed by atoms with Gasteiger partial charge < -0.3 is 4.57 Å². The van der Waals surface area contributed by atoms with E-state index in [9.17, 15) is 0 Å². The van der Waals surface area contributed by atoms with Crippen molar-refractivity contribution in [3.63, 3.8) is 0 Å². The molecule has 86 valence electrons. The van der Waals surface area contributed by atoms with E-state index in [4.69, 9.17) is 5.84 Å². The molecule has 0 saturated heterocycles. The van der Waals surface area contributed by atoms with Crippen molar-refractivity contribution in [2.45, 2.75) is 25.9 Å². The molecule has 1 unspecified atom stereocenters. The van der Waals surface area contributed by atoms with Crippen molar-refractivity contribution in [3.05, 3.63) is 30.1 Å². The van der Waals surface area contributed by atoms with E-state index in [1.807, 2.05) is 6.20 Å². The van der Waals surface area contributed by atoms with Gasteiger partial charge in [0.25, 0.3) is 0 Å².